The van der Waals surface area contributed by atoms with Gasteiger partial charge in [-0.05, 0) is 16.3 Å². The van der Waals surface area contributed by atoms with E-state index in [0.29, 0.717) is 12.8 Å². The van der Waals surface area contributed by atoms with Gasteiger partial charge in [-0.2, -0.15) is 9.78 Å². The van der Waals surface area contributed by atoms with Crippen molar-refractivity contribution in [3.63, 3.8) is 0 Å². The Bertz CT molecular complexity index is 574. The average molecular weight is 251 g/mol. The van der Waals surface area contributed by atoms with E-state index < -0.39 is 16.9 Å². The number of nitro groups is 1. The summed E-state index contributed by atoms with van der Waals surface area (Å²) in [5, 5.41) is 17.8. The molecular weight excluding hydrogens is 242 g/mol. The Morgan fingerprint density at radius 1 is 1.56 bits per heavy atom. The highest BCUT2D eigenvalue weighted by molar-refractivity contribution is 5.77. The molecule has 0 fully saturated rings. The lowest BCUT2D eigenvalue weighted by Crippen LogP contribution is -2.23. The molecule has 10 heteroatoms. The molecule has 94 valence electrons. The zero-order valence-corrected chi connectivity index (χ0v) is 9.42. The predicted octanol–water partition coefficient (Wildman–Crippen LogP) is 0.247. The van der Waals surface area contributed by atoms with Gasteiger partial charge < -0.3 is 10.1 Å². The highest BCUT2D eigenvalue weighted by Crippen LogP contribution is 2.08. The van der Waals surface area contributed by atoms with Gasteiger partial charge in [0, 0.05) is 11.5 Å². The molecule has 0 radical (unpaired) electrons. The molecular formula is C8H9N7O3. The molecule has 0 aliphatic carbocycles. The zero-order chi connectivity index (χ0) is 13.1. The molecule has 2 rings (SSSR count). The number of hydrogen-bond donors (Lipinski definition) is 0. The van der Waals surface area contributed by atoms with Crippen LogP contribution in [0.3, 0.4) is 0 Å². The van der Waals surface area contributed by atoms with Gasteiger partial charge in [-0.1, -0.05) is 11.6 Å². The molecule has 0 bridgehead atoms. The van der Waals surface area contributed by atoms with Crippen molar-refractivity contribution >= 4 is 12.0 Å². The van der Waals surface area contributed by atoms with E-state index in [2.05, 4.69) is 20.2 Å². The predicted molar refractivity (Wildman–Crippen MR) is 56.9 cm³/mol. The van der Waals surface area contributed by atoms with Crippen molar-refractivity contribution in [3.05, 3.63) is 28.6 Å². The van der Waals surface area contributed by atoms with Crippen LogP contribution in [0.25, 0.3) is 0 Å². The van der Waals surface area contributed by atoms with E-state index in [1.165, 1.54) is 12.7 Å². The van der Waals surface area contributed by atoms with Crippen LogP contribution >= 0.6 is 0 Å². The Kier molecular flexibility index (Phi) is 3.08. The topological polar surface area (TPSA) is 122 Å². The minimum Gasteiger partial charge on any atom is -0.390 e. The molecule has 0 saturated carbocycles. The van der Waals surface area contributed by atoms with Crippen LogP contribution in [-0.4, -0.2) is 40.5 Å². The van der Waals surface area contributed by atoms with Crippen molar-refractivity contribution < 1.29 is 9.72 Å². The third-order valence-corrected chi connectivity index (χ3v) is 2.10. The first kappa shape index (κ1) is 11.8. The van der Waals surface area contributed by atoms with Crippen molar-refractivity contribution in [2.24, 2.45) is 0 Å². The van der Waals surface area contributed by atoms with Crippen LogP contribution in [0.5, 0.6) is 0 Å². The smallest absolute Gasteiger partial charge is 0.390 e. The summed E-state index contributed by atoms with van der Waals surface area (Å²) < 4.78 is 1.80. The average Bonchev–Trinajstić information content (AvgIpc) is 2.97. The lowest BCUT2D eigenvalue weighted by atomic mass is 10.3. The number of carbonyl (C=O) groups excluding carboxylic acids is 1. The van der Waals surface area contributed by atoms with Crippen LogP contribution in [0.4, 0.5) is 10.7 Å². The van der Waals surface area contributed by atoms with Crippen LogP contribution < -0.4 is 0 Å². The molecule has 0 aromatic carbocycles. The van der Waals surface area contributed by atoms with E-state index in [1.807, 2.05) is 6.92 Å². The summed E-state index contributed by atoms with van der Waals surface area (Å²) in [5.41, 5.74) is 0. The second-order valence-corrected chi connectivity index (χ2v) is 3.37. The summed E-state index contributed by atoms with van der Waals surface area (Å²) in [4.78, 5) is 29.1. The van der Waals surface area contributed by atoms with Crippen LogP contribution in [-0.2, 0) is 6.42 Å². The zero-order valence-electron chi connectivity index (χ0n) is 9.42. The molecule has 2 heterocycles. The Labute approximate surface area is 100 Å². The summed E-state index contributed by atoms with van der Waals surface area (Å²) in [6.07, 6.45) is 3.45. The van der Waals surface area contributed by atoms with Crippen LogP contribution in [0.1, 0.15) is 19.2 Å². The largest absolute Gasteiger partial charge is 0.491 e. The van der Waals surface area contributed by atoms with Gasteiger partial charge in [0.1, 0.15) is 12.7 Å². The van der Waals surface area contributed by atoms with E-state index in [4.69, 9.17) is 0 Å². The first-order valence-electron chi connectivity index (χ1n) is 5.13. The molecule has 2 aromatic rings. The van der Waals surface area contributed by atoms with Crippen LogP contribution in [0, 0.1) is 10.1 Å². The quantitative estimate of drug-likeness (QED) is 0.565. The molecule has 0 saturated heterocycles. The lowest BCUT2D eigenvalue weighted by molar-refractivity contribution is -0.394. The monoisotopic (exact) mass is 251 g/mol. The fourth-order valence-corrected chi connectivity index (χ4v) is 1.35. The molecule has 0 amide bonds. The van der Waals surface area contributed by atoms with Crippen molar-refractivity contribution in [1.82, 2.24) is 29.5 Å². The fraction of sp³-hybridized carbons (Fsp3) is 0.375. The SMILES string of the molecule is CCCc1nc([N+](=O)[O-])nn1C(=O)n1cncn1. The maximum Gasteiger partial charge on any atom is 0.491 e. The number of rotatable bonds is 3. The molecule has 0 spiro atoms. The van der Waals surface area contributed by atoms with Gasteiger partial charge in [0.05, 0.1) is 0 Å². The van der Waals surface area contributed by atoms with E-state index in [9.17, 15) is 14.9 Å². The summed E-state index contributed by atoms with van der Waals surface area (Å²) in [7, 11) is 0. The first-order valence-corrected chi connectivity index (χ1v) is 5.13. The summed E-state index contributed by atoms with van der Waals surface area (Å²) >= 11 is 0. The second kappa shape index (κ2) is 4.69. The first-order chi connectivity index (χ1) is 8.63. The van der Waals surface area contributed by atoms with E-state index in [0.717, 1.165) is 9.36 Å². The lowest BCUT2D eigenvalue weighted by Gasteiger charge is -1.97. The maximum absolute atomic E-state index is 11.9. The molecule has 0 unspecified atom stereocenters. The third-order valence-electron chi connectivity index (χ3n) is 2.10. The number of aromatic nitrogens is 6. The van der Waals surface area contributed by atoms with Crippen molar-refractivity contribution in [3.8, 4) is 0 Å². The number of nitrogens with zero attached hydrogens (tertiary/aromatic N) is 7. The summed E-state index contributed by atoms with van der Waals surface area (Å²) in [6.45, 7) is 1.87. The number of carbonyl (C=O) groups is 1. The van der Waals surface area contributed by atoms with Crippen molar-refractivity contribution in [1.29, 1.82) is 0 Å². The molecule has 0 aliphatic heterocycles. The van der Waals surface area contributed by atoms with Gasteiger partial charge in [0.15, 0.2) is 0 Å². The van der Waals surface area contributed by atoms with Gasteiger partial charge in [0.25, 0.3) is 0 Å². The van der Waals surface area contributed by atoms with Gasteiger partial charge in [0.2, 0.25) is 5.82 Å². The van der Waals surface area contributed by atoms with Gasteiger partial charge in [-0.25, -0.2) is 9.78 Å². The number of aryl methyl sites for hydroxylation is 1. The molecule has 18 heavy (non-hydrogen) atoms. The Morgan fingerprint density at radius 2 is 2.33 bits per heavy atom. The molecule has 0 atom stereocenters. The highest BCUT2D eigenvalue weighted by atomic mass is 16.6. The Balaban J connectivity index is 2.42. The van der Waals surface area contributed by atoms with Gasteiger partial charge in [-0.3, -0.25) is 0 Å². The van der Waals surface area contributed by atoms with Crippen LogP contribution in [0.15, 0.2) is 12.7 Å². The van der Waals surface area contributed by atoms with Crippen LogP contribution in [0.2, 0.25) is 0 Å². The van der Waals surface area contributed by atoms with E-state index in [-0.39, 0.29) is 5.82 Å². The maximum atomic E-state index is 11.9. The summed E-state index contributed by atoms with van der Waals surface area (Å²) in [5.74, 6) is -0.378. The van der Waals surface area contributed by atoms with Crippen molar-refractivity contribution in [2.75, 3.05) is 0 Å². The highest BCUT2D eigenvalue weighted by Gasteiger charge is 2.26. The van der Waals surface area contributed by atoms with E-state index >= 15 is 0 Å². The van der Waals surface area contributed by atoms with E-state index in [1.54, 1.807) is 0 Å². The normalized spacial score (nSPS) is 10.5. The molecule has 10 nitrogen and oxygen atoms in total. The second-order valence-electron chi connectivity index (χ2n) is 3.37. The summed E-state index contributed by atoms with van der Waals surface area (Å²) in [6, 6.07) is -0.656. The minimum absolute atomic E-state index is 0.227. The minimum atomic E-state index is -0.746. The molecule has 0 aliphatic rings. The third kappa shape index (κ3) is 2.07. The standard InChI is InChI=1S/C8H9N7O3/c1-2-3-6-11-7(15(17)18)12-14(6)8(16)13-5-9-4-10-13/h4-5H,2-3H2,1H3. The molecule has 0 N–H and O–H groups in total. The van der Waals surface area contributed by atoms with Crippen molar-refractivity contribution in [2.45, 2.75) is 19.8 Å². The van der Waals surface area contributed by atoms with Gasteiger partial charge in [-0.15, -0.1) is 0 Å². The number of hydrogen-bond acceptors (Lipinski definition) is 7. The van der Waals surface area contributed by atoms with Gasteiger partial charge >= 0.3 is 12.0 Å². The Hall–Kier alpha value is -2.65. The fourth-order valence-electron chi connectivity index (χ4n) is 1.35. The Morgan fingerprint density at radius 3 is 2.89 bits per heavy atom. The molecule has 2 aromatic heterocycles.